The fourth-order valence-corrected chi connectivity index (χ4v) is 2.69. The first-order valence-corrected chi connectivity index (χ1v) is 6.43. The minimum Gasteiger partial charge on any atom is -0.198 e. The van der Waals surface area contributed by atoms with Crippen molar-refractivity contribution in [2.24, 2.45) is 0 Å². The van der Waals surface area contributed by atoms with Crippen LogP contribution in [0.2, 0.25) is 0 Å². The predicted octanol–water partition coefficient (Wildman–Crippen LogP) is 5.32. The van der Waals surface area contributed by atoms with Crippen LogP contribution in [0.15, 0.2) is 0 Å². The van der Waals surface area contributed by atoms with Crippen molar-refractivity contribution in [3.05, 3.63) is 0 Å². The van der Waals surface area contributed by atoms with Crippen LogP contribution in [-0.4, -0.2) is 64.5 Å². The highest BCUT2D eigenvalue weighted by molar-refractivity contribution is 5.26. The first kappa shape index (κ1) is 24.0. The van der Waals surface area contributed by atoms with E-state index in [1.165, 1.54) is 0 Å². The third kappa shape index (κ3) is 2.02. The van der Waals surface area contributed by atoms with Crippen LogP contribution in [0.5, 0.6) is 0 Å². The van der Waals surface area contributed by atoms with Gasteiger partial charge in [-0.15, -0.1) is 0 Å². The van der Waals surface area contributed by atoms with E-state index in [1.807, 2.05) is 0 Å². The lowest BCUT2D eigenvalue weighted by Gasteiger charge is -2.52. The molecule has 0 spiro atoms. The quantitative estimate of drug-likeness (QED) is 0.366. The van der Waals surface area contributed by atoms with E-state index in [4.69, 9.17) is 0 Å². The van der Waals surface area contributed by atoms with Crippen LogP contribution in [0.1, 0.15) is 0 Å². The maximum atomic E-state index is 13.6. The summed E-state index contributed by atoms with van der Waals surface area (Å²) in [6, 6.07) is -21.9. The van der Waals surface area contributed by atoms with E-state index in [-0.39, 0.29) is 0 Å². The van der Waals surface area contributed by atoms with Gasteiger partial charge in [-0.1, -0.05) is 0 Å². The lowest BCUT2D eigenvalue weighted by Crippen LogP contribution is -2.84. The molecule has 0 unspecified atom stereocenters. The van der Waals surface area contributed by atoms with E-state index in [0.717, 1.165) is 0 Å². The Kier molecular flexibility index (Phi) is 4.23. The molecule has 19 heteroatoms. The molecule has 0 N–H and O–H groups in total. The summed E-state index contributed by atoms with van der Waals surface area (Å²) >= 11 is 0. The lowest BCUT2D eigenvalue weighted by molar-refractivity contribution is -0.479. The second-order valence-electron chi connectivity index (χ2n) is 5.97. The SMILES string of the molecule is FC1(F)C(N2C(F)(F)C(F)(F)C(F)(F)C2(F)F)C(F)(F)C(F)(F)C(F)(F)C1(F)F. The van der Waals surface area contributed by atoms with E-state index in [9.17, 15) is 79.0 Å². The van der Waals surface area contributed by atoms with Crippen LogP contribution in [-0.2, 0) is 0 Å². The summed E-state index contributed by atoms with van der Waals surface area (Å²) in [7, 11) is 0. The third-order valence-corrected chi connectivity index (χ3v) is 4.33. The number of hydrogen-bond donors (Lipinski definition) is 0. The Morgan fingerprint density at radius 2 is 0.586 bits per heavy atom. The molecule has 0 atom stereocenters. The summed E-state index contributed by atoms with van der Waals surface area (Å²) < 4.78 is 239. The minimum absolute atomic E-state index is 3.96. The predicted molar refractivity (Wildman–Crippen MR) is 50.1 cm³/mol. The maximum Gasteiger partial charge on any atom is 0.394 e. The largest absolute Gasteiger partial charge is 0.394 e. The smallest absolute Gasteiger partial charge is 0.198 e. The summed E-state index contributed by atoms with van der Waals surface area (Å²) in [6.45, 7) is 0. The highest BCUT2D eigenvalue weighted by atomic mass is 19.4. The molecule has 29 heavy (non-hydrogen) atoms. The fourth-order valence-electron chi connectivity index (χ4n) is 2.69. The Bertz CT molecular complexity index is 649. The summed E-state index contributed by atoms with van der Waals surface area (Å²) in [5.41, 5.74) is 0. The van der Waals surface area contributed by atoms with Crippen molar-refractivity contribution in [2.75, 3.05) is 0 Å². The van der Waals surface area contributed by atoms with Crippen molar-refractivity contribution in [1.29, 1.82) is 0 Å². The number of likely N-dealkylation sites (tertiary alicyclic amines) is 1. The van der Waals surface area contributed by atoms with Gasteiger partial charge in [-0.25, -0.2) is 0 Å². The molecule has 1 aliphatic carbocycles. The molecule has 0 aromatic rings. The highest BCUT2D eigenvalue weighted by Crippen LogP contribution is 2.71. The fraction of sp³-hybridized carbons (Fsp3) is 1.00. The minimum atomic E-state index is -7.87. The molecule has 2 fully saturated rings. The van der Waals surface area contributed by atoms with E-state index in [0.29, 0.717) is 0 Å². The first-order valence-electron chi connectivity index (χ1n) is 6.43. The first-order chi connectivity index (χ1) is 12.2. The van der Waals surface area contributed by atoms with Gasteiger partial charge in [0.1, 0.15) is 0 Å². The molecular weight excluding hydrogens is 476 g/mol. The van der Waals surface area contributed by atoms with Crippen LogP contribution in [0.3, 0.4) is 0 Å². The summed E-state index contributed by atoms with van der Waals surface area (Å²) in [5, 5.41) is 0. The zero-order chi connectivity index (χ0) is 23.7. The van der Waals surface area contributed by atoms with E-state index in [1.54, 1.807) is 0 Å². The van der Waals surface area contributed by atoms with Gasteiger partial charge in [0, 0.05) is 0 Å². The van der Waals surface area contributed by atoms with Gasteiger partial charge in [0.05, 0.1) is 0 Å². The molecule has 2 aliphatic rings. The zero-order valence-electron chi connectivity index (χ0n) is 12.3. The second-order valence-corrected chi connectivity index (χ2v) is 5.97. The van der Waals surface area contributed by atoms with Crippen molar-refractivity contribution in [3.8, 4) is 0 Å². The van der Waals surface area contributed by atoms with Crippen molar-refractivity contribution in [2.45, 2.75) is 59.6 Å². The number of rotatable bonds is 1. The van der Waals surface area contributed by atoms with Gasteiger partial charge in [0.25, 0.3) is 0 Å². The number of halogens is 18. The maximum absolute atomic E-state index is 13.6. The average molecular weight is 477 g/mol. The molecule has 1 nitrogen and oxygen atoms in total. The molecule has 1 heterocycles. The van der Waals surface area contributed by atoms with Crippen LogP contribution >= 0.6 is 0 Å². The Hall–Kier alpha value is -1.30. The molecule has 0 bridgehead atoms. The molecule has 0 aromatic carbocycles. The molecular formula is C10HF18N. The van der Waals surface area contributed by atoms with Crippen LogP contribution in [0.25, 0.3) is 0 Å². The second kappa shape index (κ2) is 5.12. The average Bonchev–Trinajstić information content (AvgIpc) is 2.54. The molecule has 1 aliphatic heterocycles. The molecule has 2 rings (SSSR count). The van der Waals surface area contributed by atoms with Crippen molar-refractivity contribution >= 4 is 0 Å². The number of alkyl halides is 18. The Morgan fingerprint density at radius 1 is 0.345 bits per heavy atom. The zero-order valence-corrected chi connectivity index (χ0v) is 12.3. The molecule has 0 aromatic heterocycles. The van der Waals surface area contributed by atoms with Gasteiger partial charge >= 0.3 is 53.6 Å². The lowest BCUT2D eigenvalue weighted by atomic mass is 9.78. The molecule has 172 valence electrons. The molecule has 0 radical (unpaired) electrons. The van der Waals surface area contributed by atoms with Crippen molar-refractivity contribution in [1.82, 2.24) is 4.90 Å². The normalized spacial score (nSPS) is 35.4. The summed E-state index contributed by atoms with van der Waals surface area (Å²) in [6.07, 6.45) is 0. The topological polar surface area (TPSA) is 3.24 Å². The number of hydrogen-bond acceptors (Lipinski definition) is 1. The van der Waals surface area contributed by atoms with Crippen molar-refractivity contribution < 1.29 is 79.0 Å². The Balaban J connectivity index is 2.95. The Morgan fingerprint density at radius 3 is 0.828 bits per heavy atom. The standard InChI is InChI=1S/C10HF18N/c11-2(12)1(3(13,14)5(17,18)6(19,20)4(2,15)16)29-9(25,26)7(21,22)8(23,24)10(29,27)28/h1H. The van der Waals surface area contributed by atoms with Gasteiger partial charge in [-0.3, -0.25) is 0 Å². The van der Waals surface area contributed by atoms with Gasteiger partial charge < -0.3 is 0 Å². The molecule has 1 saturated heterocycles. The number of nitrogens with zero attached hydrogens (tertiary/aromatic N) is 1. The van der Waals surface area contributed by atoms with Gasteiger partial charge in [-0.2, -0.15) is 83.9 Å². The highest BCUT2D eigenvalue weighted by Gasteiger charge is 3.02. The monoisotopic (exact) mass is 477 g/mol. The van der Waals surface area contributed by atoms with Crippen LogP contribution in [0, 0.1) is 0 Å². The van der Waals surface area contributed by atoms with Crippen LogP contribution in [0.4, 0.5) is 79.0 Å². The Labute approximate surface area is 145 Å². The van der Waals surface area contributed by atoms with Gasteiger partial charge in [-0.05, 0) is 0 Å². The van der Waals surface area contributed by atoms with Gasteiger partial charge in [0.2, 0.25) is 0 Å². The van der Waals surface area contributed by atoms with Crippen LogP contribution < -0.4 is 0 Å². The summed E-state index contributed by atoms with van der Waals surface area (Å²) in [5.74, 6) is -54.3. The van der Waals surface area contributed by atoms with Gasteiger partial charge in [0.15, 0.2) is 6.04 Å². The molecule has 1 saturated carbocycles. The van der Waals surface area contributed by atoms with Crippen molar-refractivity contribution in [3.63, 3.8) is 0 Å². The third-order valence-electron chi connectivity index (χ3n) is 4.33. The van der Waals surface area contributed by atoms with E-state index < -0.39 is 64.5 Å². The van der Waals surface area contributed by atoms with E-state index >= 15 is 0 Å². The summed E-state index contributed by atoms with van der Waals surface area (Å²) in [4.78, 5) is -3.96. The van der Waals surface area contributed by atoms with E-state index in [2.05, 4.69) is 0 Å². The molecule has 0 amide bonds.